The van der Waals surface area contributed by atoms with Crippen LogP contribution in [0.3, 0.4) is 0 Å². The number of rotatable bonds is 13. The minimum absolute atomic E-state index is 0.0640. The molecule has 0 saturated heterocycles. The number of carbonyl (C=O) groups is 2. The largest absolute Gasteiger partial charge is 0.466 e. The van der Waals surface area contributed by atoms with Crippen molar-refractivity contribution in [2.24, 2.45) is 0 Å². The standard InChI is InChI=1S/C19H22ClF5O4/c20-10-5-3-1-2-4-6-11-28-12(26)8-7-9-13(27)29-19-17(24)15(22)14(21)16(23)18(19)25/h1-11H2. The number of alkyl halides is 1. The van der Waals surface area contributed by atoms with Crippen LogP contribution in [0.25, 0.3) is 0 Å². The summed E-state index contributed by atoms with van der Waals surface area (Å²) in [5.74, 6) is -14.1. The number of hydrogen-bond donors (Lipinski definition) is 0. The topological polar surface area (TPSA) is 52.6 Å². The lowest BCUT2D eigenvalue weighted by Crippen LogP contribution is -2.14. The summed E-state index contributed by atoms with van der Waals surface area (Å²) in [5, 5.41) is 0. The fourth-order valence-corrected chi connectivity index (χ4v) is 2.57. The Morgan fingerprint density at radius 1 is 0.655 bits per heavy atom. The van der Waals surface area contributed by atoms with Crippen LogP contribution in [-0.4, -0.2) is 24.4 Å². The lowest BCUT2D eigenvalue weighted by molar-refractivity contribution is -0.144. The van der Waals surface area contributed by atoms with Gasteiger partial charge in [0.25, 0.3) is 0 Å². The highest BCUT2D eigenvalue weighted by Gasteiger charge is 2.28. The molecule has 0 spiro atoms. The lowest BCUT2D eigenvalue weighted by atomic mass is 10.1. The number of halogens is 6. The maximum atomic E-state index is 13.4. The normalized spacial score (nSPS) is 10.8. The number of ether oxygens (including phenoxy) is 2. The van der Waals surface area contributed by atoms with Crippen LogP contribution in [0.1, 0.15) is 57.8 Å². The second-order valence-corrected chi connectivity index (χ2v) is 6.64. The zero-order chi connectivity index (χ0) is 21.8. The third-order valence-electron chi connectivity index (χ3n) is 3.94. The van der Waals surface area contributed by atoms with E-state index >= 15 is 0 Å². The Balaban J connectivity index is 2.27. The first-order valence-electron chi connectivity index (χ1n) is 9.23. The van der Waals surface area contributed by atoms with Crippen LogP contribution in [0, 0.1) is 29.1 Å². The number of hydrogen-bond acceptors (Lipinski definition) is 4. The average Bonchev–Trinajstić information content (AvgIpc) is 2.70. The molecule has 1 aromatic carbocycles. The molecule has 0 heterocycles. The van der Waals surface area contributed by atoms with Gasteiger partial charge in [0.2, 0.25) is 34.8 Å². The molecule has 0 atom stereocenters. The zero-order valence-corrected chi connectivity index (χ0v) is 16.4. The summed E-state index contributed by atoms with van der Waals surface area (Å²) in [6.45, 7) is 0.239. The van der Waals surface area contributed by atoms with E-state index in [0.29, 0.717) is 12.3 Å². The summed E-state index contributed by atoms with van der Waals surface area (Å²) in [6, 6.07) is 0. The van der Waals surface area contributed by atoms with Crippen molar-refractivity contribution < 1.29 is 41.0 Å². The summed E-state index contributed by atoms with van der Waals surface area (Å²) in [4.78, 5) is 23.1. The summed E-state index contributed by atoms with van der Waals surface area (Å²) in [5.41, 5.74) is 0. The van der Waals surface area contributed by atoms with Crippen molar-refractivity contribution >= 4 is 23.5 Å². The third-order valence-corrected chi connectivity index (χ3v) is 4.21. The molecule has 10 heteroatoms. The van der Waals surface area contributed by atoms with E-state index in [1.54, 1.807) is 0 Å². The van der Waals surface area contributed by atoms with Crippen LogP contribution in [0.15, 0.2) is 0 Å². The molecule has 0 unspecified atom stereocenters. The van der Waals surface area contributed by atoms with Gasteiger partial charge in [-0.05, 0) is 19.3 Å². The van der Waals surface area contributed by atoms with E-state index in [2.05, 4.69) is 4.74 Å². The molecule has 29 heavy (non-hydrogen) atoms. The number of carbonyl (C=O) groups excluding carboxylic acids is 2. The van der Waals surface area contributed by atoms with E-state index < -0.39 is 53.2 Å². The Labute approximate surface area is 170 Å². The number of unbranched alkanes of at least 4 members (excludes halogenated alkanes) is 5. The molecule has 164 valence electrons. The SMILES string of the molecule is O=C(CCCC(=O)Oc1c(F)c(F)c(F)c(F)c1F)OCCCCCCCCCl. The van der Waals surface area contributed by atoms with Crippen LogP contribution < -0.4 is 4.74 Å². The summed E-state index contributed by atoms with van der Waals surface area (Å²) >= 11 is 5.57. The fraction of sp³-hybridized carbons (Fsp3) is 0.579. The molecule has 0 N–H and O–H groups in total. The average molecular weight is 445 g/mol. The van der Waals surface area contributed by atoms with Gasteiger partial charge in [0, 0.05) is 18.7 Å². The van der Waals surface area contributed by atoms with E-state index in [1.165, 1.54) is 0 Å². The maximum absolute atomic E-state index is 13.4. The van der Waals surface area contributed by atoms with Gasteiger partial charge in [-0.1, -0.05) is 25.7 Å². The Kier molecular flexibility index (Phi) is 11.6. The first-order chi connectivity index (χ1) is 13.8. The van der Waals surface area contributed by atoms with Crippen molar-refractivity contribution in [3.05, 3.63) is 29.1 Å². The van der Waals surface area contributed by atoms with E-state index in [9.17, 15) is 31.5 Å². The first-order valence-corrected chi connectivity index (χ1v) is 9.76. The molecule has 0 amide bonds. The van der Waals surface area contributed by atoms with Crippen molar-refractivity contribution in [3.8, 4) is 5.75 Å². The Morgan fingerprint density at radius 3 is 1.72 bits per heavy atom. The van der Waals surface area contributed by atoms with Gasteiger partial charge >= 0.3 is 11.9 Å². The van der Waals surface area contributed by atoms with Gasteiger partial charge in [0.15, 0.2) is 0 Å². The van der Waals surface area contributed by atoms with Crippen LogP contribution in [0.5, 0.6) is 5.75 Å². The highest BCUT2D eigenvalue weighted by atomic mass is 35.5. The van der Waals surface area contributed by atoms with Crippen molar-refractivity contribution in [2.75, 3.05) is 12.5 Å². The predicted octanol–water partition coefficient (Wildman–Crippen LogP) is 5.58. The van der Waals surface area contributed by atoms with Crippen molar-refractivity contribution in [3.63, 3.8) is 0 Å². The number of benzene rings is 1. The molecule has 1 aromatic rings. The highest BCUT2D eigenvalue weighted by molar-refractivity contribution is 6.17. The van der Waals surface area contributed by atoms with Crippen molar-refractivity contribution in [1.29, 1.82) is 0 Å². The van der Waals surface area contributed by atoms with Gasteiger partial charge < -0.3 is 9.47 Å². The Bertz CT molecular complexity index is 671. The smallest absolute Gasteiger partial charge is 0.311 e. The molecular weight excluding hydrogens is 423 g/mol. The van der Waals surface area contributed by atoms with Crippen LogP contribution in [0.4, 0.5) is 22.0 Å². The molecule has 0 saturated carbocycles. The van der Waals surface area contributed by atoms with Crippen LogP contribution in [0.2, 0.25) is 0 Å². The second kappa shape index (κ2) is 13.3. The van der Waals surface area contributed by atoms with E-state index in [4.69, 9.17) is 16.3 Å². The van der Waals surface area contributed by atoms with Crippen LogP contribution >= 0.6 is 11.6 Å². The minimum atomic E-state index is -2.35. The minimum Gasteiger partial charge on any atom is -0.466 e. The van der Waals surface area contributed by atoms with Gasteiger partial charge in [0.1, 0.15) is 0 Å². The quantitative estimate of drug-likeness (QED) is 0.0758. The highest BCUT2D eigenvalue weighted by Crippen LogP contribution is 2.29. The molecule has 0 aliphatic carbocycles. The van der Waals surface area contributed by atoms with Gasteiger partial charge in [-0.2, -0.15) is 8.78 Å². The Morgan fingerprint density at radius 2 is 1.14 bits per heavy atom. The second-order valence-electron chi connectivity index (χ2n) is 6.26. The molecule has 4 nitrogen and oxygen atoms in total. The summed E-state index contributed by atoms with van der Waals surface area (Å²) in [7, 11) is 0. The summed E-state index contributed by atoms with van der Waals surface area (Å²) in [6.07, 6.45) is 5.04. The lowest BCUT2D eigenvalue weighted by Gasteiger charge is -2.09. The zero-order valence-electron chi connectivity index (χ0n) is 15.7. The van der Waals surface area contributed by atoms with Crippen molar-refractivity contribution in [1.82, 2.24) is 0 Å². The van der Waals surface area contributed by atoms with Crippen LogP contribution in [-0.2, 0) is 14.3 Å². The van der Waals surface area contributed by atoms with Gasteiger partial charge in [0.05, 0.1) is 6.61 Å². The molecule has 0 aliphatic heterocycles. The van der Waals surface area contributed by atoms with Gasteiger partial charge in [-0.3, -0.25) is 9.59 Å². The molecule has 0 aromatic heterocycles. The monoisotopic (exact) mass is 444 g/mol. The maximum Gasteiger partial charge on any atom is 0.311 e. The van der Waals surface area contributed by atoms with Crippen molar-refractivity contribution in [2.45, 2.75) is 57.8 Å². The molecule has 0 aliphatic rings. The molecule has 0 radical (unpaired) electrons. The third kappa shape index (κ3) is 8.55. The molecular formula is C19H22ClF5O4. The molecule has 0 fully saturated rings. The predicted molar refractivity (Wildman–Crippen MR) is 95.1 cm³/mol. The van der Waals surface area contributed by atoms with E-state index in [1.807, 2.05) is 0 Å². The molecule has 0 bridgehead atoms. The first kappa shape index (κ1) is 25.1. The Hall–Kier alpha value is -1.90. The molecule has 1 rings (SSSR count). The fourth-order valence-electron chi connectivity index (χ4n) is 2.38. The van der Waals surface area contributed by atoms with E-state index in [-0.39, 0.29) is 19.4 Å². The van der Waals surface area contributed by atoms with Gasteiger partial charge in [-0.25, -0.2) is 13.2 Å². The summed E-state index contributed by atoms with van der Waals surface area (Å²) < 4.78 is 75.1. The van der Waals surface area contributed by atoms with Gasteiger partial charge in [-0.15, -0.1) is 11.6 Å². The number of esters is 2. The van der Waals surface area contributed by atoms with E-state index in [0.717, 1.165) is 32.1 Å².